The third-order valence-corrected chi connectivity index (χ3v) is 4.56. The second-order valence-electron chi connectivity index (χ2n) is 5.06. The fourth-order valence-corrected chi connectivity index (χ4v) is 2.91. The molecule has 2 aromatic carbocycles. The molecule has 1 N–H and O–H groups in total. The number of nitrogens with zero attached hydrogens (tertiary/aromatic N) is 2. The van der Waals surface area contributed by atoms with E-state index in [0.717, 1.165) is 4.90 Å². The van der Waals surface area contributed by atoms with Gasteiger partial charge < -0.3 is 9.47 Å². The van der Waals surface area contributed by atoms with E-state index < -0.39 is 4.92 Å². The van der Waals surface area contributed by atoms with Crippen LogP contribution in [0.5, 0.6) is 11.5 Å². The number of carbonyl (C=O) groups excluding carboxylic acids is 1. The van der Waals surface area contributed by atoms with Crippen molar-refractivity contribution in [3.8, 4) is 11.5 Å². The van der Waals surface area contributed by atoms with Crippen molar-refractivity contribution in [3.63, 3.8) is 0 Å². The lowest BCUT2D eigenvalue weighted by Crippen LogP contribution is -2.19. The molecular weight excluding hydrogens is 382 g/mol. The van der Waals surface area contributed by atoms with Crippen LogP contribution in [0.25, 0.3) is 0 Å². The van der Waals surface area contributed by atoms with Crippen LogP contribution < -0.4 is 14.9 Å². The number of hydrogen-bond donors (Lipinski definition) is 1. The van der Waals surface area contributed by atoms with E-state index in [4.69, 9.17) is 21.1 Å². The summed E-state index contributed by atoms with van der Waals surface area (Å²) in [6.45, 7) is 0.00570. The van der Waals surface area contributed by atoms with Crippen LogP contribution in [0.4, 0.5) is 5.69 Å². The van der Waals surface area contributed by atoms with Crippen LogP contribution in [0, 0.1) is 10.1 Å². The Hall–Kier alpha value is -2.78. The first-order valence-electron chi connectivity index (χ1n) is 7.31. The van der Waals surface area contributed by atoms with Gasteiger partial charge in [-0.15, -0.1) is 11.8 Å². The lowest BCUT2D eigenvalue weighted by atomic mass is 10.1. The molecule has 26 heavy (non-hydrogen) atoms. The van der Waals surface area contributed by atoms with Crippen LogP contribution >= 0.6 is 23.4 Å². The topological polar surface area (TPSA) is 103 Å². The summed E-state index contributed by atoms with van der Waals surface area (Å²) < 4.78 is 10.3. The van der Waals surface area contributed by atoms with Gasteiger partial charge in [0, 0.05) is 9.92 Å². The molecule has 3 rings (SSSR count). The molecule has 134 valence electrons. The third kappa shape index (κ3) is 4.44. The number of halogens is 1. The maximum Gasteiger partial charge on any atom is 0.282 e. The molecule has 0 radical (unpaired) electrons. The van der Waals surface area contributed by atoms with Gasteiger partial charge in [0.25, 0.3) is 5.69 Å². The molecule has 0 atom stereocenters. The number of carbonyl (C=O) groups is 1. The predicted octanol–water partition coefficient (Wildman–Crippen LogP) is 3.22. The van der Waals surface area contributed by atoms with E-state index in [1.54, 1.807) is 24.3 Å². The van der Waals surface area contributed by atoms with Gasteiger partial charge in [0.05, 0.1) is 28.5 Å². The molecule has 8 nitrogen and oxygen atoms in total. The van der Waals surface area contributed by atoms with Crippen molar-refractivity contribution in [2.45, 2.75) is 4.90 Å². The third-order valence-electron chi connectivity index (χ3n) is 3.30. The minimum Gasteiger partial charge on any atom is -0.454 e. The molecule has 1 amide bonds. The van der Waals surface area contributed by atoms with Crippen molar-refractivity contribution in [2.75, 3.05) is 12.5 Å². The minimum absolute atomic E-state index is 0.00570. The quantitative estimate of drug-likeness (QED) is 0.350. The van der Waals surface area contributed by atoms with Gasteiger partial charge in [-0.25, -0.2) is 5.43 Å². The van der Waals surface area contributed by atoms with Crippen molar-refractivity contribution in [3.05, 3.63) is 57.1 Å². The first kappa shape index (κ1) is 18.0. The van der Waals surface area contributed by atoms with Gasteiger partial charge in [-0.1, -0.05) is 11.6 Å². The summed E-state index contributed by atoms with van der Waals surface area (Å²) in [5.41, 5.74) is 2.34. The maximum atomic E-state index is 11.8. The van der Waals surface area contributed by atoms with Crippen molar-refractivity contribution >= 4 is 41.2 Å². The lowest BCUT2D eigenvalue weighted by molar-refractivity contribution is -0.385. The Labute approximate surface area is 157 Å². The molecule has 0 aliphatic carbocycles. The van der Waals surface area contributed by atoms with Crippen LogP contribution in [-0.2, 0) is 4.79 Å². The number of rotatable bonds is 6. The molecule has 0 bridgehead atoms. The number of hydrazone groups is 1. The fourth-order valence-electron chi connectivity index (χ4n) is 2.09. The maximum absolute atomic E-state index is 11.8. The van der Waals surface area contributed by atoms with Gasteiger partial charge in [-0.05, 0) is 30.3 Å². The summed E-state index contributed by atoms with van der Waals surface area (Å²) in [6.07, 6.45) is 1.20. The molecule has 1 heterocycles. The molecule has 1 aliphatic heterocycles. The highest BCUT2D eigenvalue weighted by Gasteiger charge is 2.22. The smallest absolute Gasteiger partial charge is 0.282 e. The number of thioether (sulfide) groups is 1. The molecule has 0 unspecified atom stereocenters. The zero-order chi connectivity index (χ0) is 18.5. The monoisotopic (exact) mass is 393 g/mol. The SMILES string of the molecule is O=C(CSc1ccc(Cl)cc1)N/N=C\c1cc2c(cc1[N+](=O)[O-])OCO2. The van der Waals surface area contributed by atoms with Crippen molar-refractivity contribution < 1.29 is 19.2 Å². The molecule has 10 heteroatoms. The minimum atomic E-state index is -0.554. The van der Waals surface area contributed by atoms with Gasteiger partial charge in [-0.2, -0.15) is 5.10 Å². The van der Waals surface area contributed by atoms with Crippen LogP contribution in [0.15, 0.2) is 46.4 Å². The number of nitro groups is 1. The van der Waals surface area contributed by atoms with Gasteiger partial charge in [0.1, 0.15) is 0 Å². The second-order valence-corrected chi connectivity index (χ2v) is 6.54. The fraction of sp³-hybridized carbons (Fsp3) is 0.125. The van der Waals surface area contributed by atoms with Crippen LogP contribution in [0.1, 0.15) is 5.56 Å². The van der Waals surface area contributed by atoms with Gasteiger partial charge in [0.15, 0.2) is 11.5 Å². The Balaban J connectivity index is 1.60. The largest absolute Gasteiger partial charge is 0.454 e. The first-order chi connectivity index (χ1) is 12.5. The van der Waals surface area contributed by atoms with E-state index in [9.17, 15) is 14.9 Å². The van der Waals surface area contributed by atoms with E-state index >= 15 is 0 Å². The molecular formula is C16H12ClN3O5S. The highest BCUT2D eigenvalue weighted by molar-refractivity contribution is 8.00. The first-order valence-corrected chi connectivity index (χ1v) is 8.67. The van der Waals surface area contributed by atoms with Crippen molar-refractivity contribution in [1.82, 2.24) is 5.43 Å². The second kappa shape index (κ2) is 8.07. The molecule has 0 fully saturated rings. The zero-order valence-corrected chi connectivity index (χ0v) is 14.7. The van der Waals surface area contributed by atoms with E-state index in [2.05, 4.69) is 10.5 Å². The number of nitro benzene ring substituents is 1. The Kier molecular flexibility index (Phi) is 5.59. The van der Waals surface area contributed by atoms with Gasteiger partial charge in [0.2, 0.25) is 12.7 Å². The summed E-state index contributed by atoms with van der Waals surface area (Å²) in [5, 5.41) is 15.5. The number of benzene rings is 2. The molecule has 0 saturated heterocycles. The number of hydrogen-bond acceptors (Lipinski definition) is 7. The number of nitrogens with one attached hydrogen (secondary N) is 1. The standard InChI is InChI=1S/C16H12ClN3O5S/c17-11-1-3-12(4-2-11)26-8-16(21)19-18-7-10-5-14-15(25-9-24-14)6-13(10)20(22)23/h1-7H,8-9H2,(H,19,21)/b18-7-. The summed E-state index contributed by atoms with van der Waals surface area (Å²) >= 11 is 7.12. The summed E-state index contributed by atoms with van der Waals surface area (Å²) in [5.74, 6) is 0.492. The highest BCUT2D eigenvalue weighted by Crippen LogP contribution is 2.37. The Morgan fingerprint density at radius 1 is 1.31 bits per heavy atom. The molecule has 1 aliphatic rings. The van der Waals surface area contributed by atoms with Crippen molar-refractivity contribution in [1.29, 1.82) is 0 Å². The highest BCUT2D eigenvalue weighted by atomic mass is 35.5. The molecule has 2 aromatic rings. The number of fused-ring (bicyclic) bond motifs is 1. The van der Waals surface area contributed by atoms with E-state index in [-0.39, 0.29) is 29.7 Å². The van der Waals surface area contributed by atoms with Crippen LogP contribution in [0.3, 0.4) is 0 Å². The molecule has 0 saturated carbocycles. The molecule has 0 aromatic heterocycles. The van der Waals surface area contributed by atoms with Crippen LogP contribution in [0.2, 0.25) is 5.02 Å². The lowest BCUT2D eigenvalue weighted by Gasteiger charge is -2.02. The van der Waals surface area contributed by atoms with Crippen molar-refractivity contribution in [2.24, 2.45) is 5.10 Å². The Bertz CT molecular complexity index is 873. The summed E-state index contributed by atoms with van der Waals surface area (Å²) in [4.78, 5) is 23.3. The Morgan fingerprint density at radius 3 is 2.69 bits per heavy atom. The normalized spacial score (nSPS) is 12.3. The average molecular weight is 394 g/mol. The van der Waals surface area contributed by atoms with Gasteiger partial charge >= 0.3 is 0 Å². The number of amides is 1. The van der Waals surface area contributed by atoms with Gasteiger partial charge in [-0.3, -0.25) is 14.9 Å². The average Bonchev–Trinajstić information content (AvgIpc) is 3.08. The zero-order valence-electron chi connectivity index (χ0n) is 13.2. The summed E-state index contributed by atoms with van der Waals surface area (Å²) in [7, 11) is 0. The summed E-state index contributed by atoms with van der Waals surface area (Å²) in [6, 6.07) is 9.79. The Morgan fingerprint density at radius 2 is 2.00 bits per heavy atom. The molecule has 0 spiro atoms. The number of ether oxygens (including phenoxy) is 2. The predicted molar refractivity (Wildman–Crippen MR) is 97.1 cm³/mol. The van der Waals surface area contributed by atoms with Crippen LogP contribution in [-0.4, -0.2) is 29.6 Å². The van der Waals surface area contributed by atoms with E-state index in [0.29, 0.717) is 16.5 Å². The van der Waals surface area contributed by atoms with E-state index in [1.165, 1.54) is 30.1 Å². The van der Waals surface area contributed by atoms with E-state index in [1.807, 2.05) is 0 Å².